The quantitative estimate of drug-likeness (QED) is 0.318. The Labute approximate surface area is 257 Å². The van der Waals surface area contributed by atoms with E-state index in [9.17, 15) is 4.79 Å². The summed E-state index contributed by atoms with van der Waals surface area (Å²) >= 11 is 0. The monoisotopic (exact) mass is 593 g/mol. The van der Waals surface area contributed by atoms with Crippen molar-refractivity contribution in [3.63, 3.8) is 0 Å². The minimum Gasteiger partial charge on any atom is -0.497 e. The molecule has 10 heteroatoms. The Morgan fingerprint density at radius 2 is 1.82 bits per heavy atom. The van der Waals surface area contributed by atoms with Crippen LogP contribution in [0.3, 0.4) is 0 Å². The van der Waals surface area contributed by atoms with E-state index in [2.05, 4.69) is 50.0 Å². The summed E-state index contributed by atoms with van der Waals surface area (Å²) in [5.41, 5.74) is 14.5. The molecule has 0 aliphatic carbocycles. The van der Waals surface area contributed by atoms with Crippen molar-refractivity contribution in [2.45, 2.75) is 13.5 Å². The zero-order valence-electron chi connectivity index (χ0n) is 25.8. The summed E-state index contributed by atoms with van der Waals surface area (Å²) in [5.74, 6) is 0.832. The number of ether oxygens (including phenoxy) is 2. The second-order valence-electron chi connectivity index (χ2n) is 11.2. The molecule has 2 aromatic carbocycles. The highest BCUT2D eigenvalue weighted by Gasteiger charge is 2.28. The van der Waals surface area contributed by atoms with E-state index >= 15 is 0 Å². The third-order valence-corrected chi connectivity index (χ3v) is 8.52. The normalized spacial score (nSPS) is 15.7. The molecule has 0 amide bonds. The van der Waals surface area contributed by atoms with Crippen molar-refractivity contribution in [3.8, 4) is 5.75 Å². The van der Waals surface area contributed by atoms with Crippen molar-refractivity contribution in [1.29, 1.82) is 0 Å². The summed E-state index contributed by atoms with van der Waals surface area (Å²) in [6.07, 6.45) is 5.20. The standard InChI is InChI=1S/C34H39N7O3/c1-23-15-28-30(38(3)34(23)42)16-26(39-11-13-44-14-12-39)17-31(28)41-10-9-40(22-24-5-7-27(43-4)8-6-24)32-18-29(37-21-33(32)41)25(19-35)20-36-2/h5-8,15-21H,9-14,22,35H2,1-4H3/b25-19+,36-20?. The Balaban J connectivity index is 1.51. The maximum absolute atomic E-state index is 13.1. The van der Waals surface area contributed by atoms with Crippen molar-refractivity contribution < 1.29 is 9.47 Å². The maximum Gasteiger partial charge on any atom is 0.253 e. The third-order valence-electron chi connectivity index (χ3n) is 8.52. The fourth-order valence-electron chi connectivity index (χ4n) is 6.13. The van der Waals surface area contributed by atoms with Gasteiger partial charge in [-0.25, -0.2) is 0 Å². The molecule has 2 aliphatic heterocycles. The van der Waals surface area contributed by atoms with Crippen LogP contribution in [0.2, 0.25) is 0 Å². The summed E-state index contributed by atoms with van der Waals surface area (Å²) in [7, 11) is 5.26. The number of anilines is 4. The third kappa shape index (κ3) is 5.48. The molecule has 0 bridgehead atoms. The van der Waals surface area contributed by atoms with Crippen LogP contribution in [-0.4, -0.2) is 69.3 Å². The van der Waals surface area contributed by atoms with Crippen molar-refractivity contribution >= 4 is 45.4 Å². The lowest BCUT2D eigenvalue weighted by Crippen LogP contribution is -2.39. The predicted octanol–water partition coefficient (Wildman–Crippen LogP) is 4.25. The molecule has 44 heavy (non-hydrogen) atoms. The van der Waals surface area contributed by atoms with E-state index in [1.807, 2.05) is 38.4 Å². The molecule has 0 unspecified atom stereocenters. The van der Waals surface area contributed by atoms with Gasteiger partial charge in [-0.15, -0.1) is 0 Å². The highest BCUT2D eigenvalue weighted by atomic mass is 16.5. The smallest absolute Gasteiger partial charge is 0.253 e. The van der Waals surface area contributed by atoms with Gasteiger partial charge in [-0.05, 0) is 48.9 Å². The molecule has 6 rings (SSSR count). The largest absolute Gasteiger partial charge is 0.497 e. The number of morpholine rings is 1. The molecule has 0 saturated carbocycles. The van der Waals surface area contributed by atoms with E-state index < -0.39 is 0 Å². The first kappa shape index (κ1) is 29.3. The van der Waals surface area contributed by atoms with Gasteiger partial charge in [-0.2, -0.15) is 0 Å². The van der Waals surface area contributed by atoms with E-state index in [0.29, 0.717) is 18.8 Å². The average molecular weight is 594 g/mol. The van der Waals surface area contributed by atoms with Crippen molar-refractivity contribution in [1.82, 2.24) is 9.55 Å². The molecule has 0 spiro atoms. The van der Waals surface area contributed by atoms with Crippen LogP contribution in [0.4, 0.5) is 22.7 Å². The first-order chi connectivity index (χ1) is 21.4. The second-order valence-corrected chi connectivity index (χ2v) is 11.2. The van der Waals surface area contributed by atoms with Crippen LogP contribution in [0.25, 0.3) is 16.5 Å². The fourth-order valence-corrected chi connectivity index (χ4v) is 6.13. The van der Waals surface area contributed by atoms with Crippen molar-refractivity contribution in [3.05, 3.63) is 88.1 Å². The Morgan fingerprint density at radius 3 is 2.52 bits per heavy atom. The van der Waals surface area contributed by atoms with Crippen LogP contribution in [0, 0.1) is 6.92 Å². The Hall–Kier alpha value is -4.83. The van der Waals surface area contributed by atoms with Crippen LogP contribution >= 0.6 is 0 Å². The number of methoxy groups -OCH3 is 1. The topological polar surface area (TPSA) is 101 Å². The number of rotatable bonds is 7. The number of fused-ring (bicyclic) bond motifs is 2. The molecule has 0 radical (unpaired) electrons. The molecule has 228 valence electrons. The van der Waals surface area contributed by atoms with Crippen molar-refractivity contribution in [2.75, 3.05) is 68.2 Å². The number of benzene rings is 2. The first-order valence-electron chi connectivity index (χ1n) is 14.9. The first-order valence-corrected chi connectivity index (χ1v) is 14.9. The number of pyridine rings is 2. The average Bonchev–Trinajstić information content (AvgIpc) is 3.06. The number of aryl methyl sites for hydroxylation is 2. The Morgan fingerprint density at radius 1 is 1.05 bits per heavy atom. The number of allylic oxidation sites excluding steroid dienone is 1. The number of aromatic nitrogens is 2. The summed E-state index contributed by atoms with van der Waals surface area (Å²) in [4.78, 5) is 29.2. The second kappa shape index (κ2) is 12.4. The summed E-state index contributed by atoms with van der Waals surface area (Å²) in [5, 5.41) is 1.03. The van der Waals surface area contributed by atoms with Gasteiger partial charge < -0.3 is 34.5 Å². The lowest BCUT2D eigenvalue weighted by atomic mass is 10.0. The number of aliphatic imine (C=N–C) groups is 1. The zero-order valence-corrected chi connectivity index (χ0v) is 25.8. The van der Waals surface area contributed by atoms with Crippen LogP contribution in [0.5, 0.6) is 5.75 Å². The summed E-state index contributed by atoms with van der Waals surface area (Å²) in [6, 6.07) is 16.7. The van der Waals surface area contributed by atoms with Gasteiger partial charge >= 0.3 is 0 Å². The van der Waals surface area contributed by atoms with Gasteiger partial charge in [0.15, 0.2) is 0 Å². The van der Waals surface area contributed by atoms with Crippen molar-refractivity contribution in [2.24, 2.45) is 17.8 Å². The van der Waals surface area contributed by atoms with Gasteiger partial charge in [-0.1, -0.05) is 12.1 Å². The van der Waals surface area contributed by atoms with Crippen LogP contribution in [0.1, 0.15) is 16.8 Å². The number of hydrogen-bond donors (Lipinski definition) is 1. The molecule has 0 atom stereocenters. The van der Waals surface area contributed by atoms with Crippen LogP contribution < -0.4 is 30.7 Å². The highest BCUT2D eigenvalue weighted by molar-refractivity contribution is 6.09. The van der Waals surface area contributed by atoms with Gasteiger partial charge in [0.25, 0.3) is 5.56 Å². The molecular formula is C34H39N7O3. The lowest BCUT2D eigenvalue weighted by Gasteiger charge is -2.40. The molecule has 10 nitrogen and oxygen atoms in total. The lowest BCUT2D eigenvalue weighted by molar-refractivity contribution is 0.122. The molecule has 2 N–H and O–H groups in total. The van der Waals surface area contributed by atoms with Gasteiger partial charge in [0.05, 0.1) is 54.8 Å². The van der Waals surface area contributed by atoms with E-state index in [1.54, 1.807) is 31.1 Å². The molecule has 4 aromatic rings. The molecule has 4 heterocycles. The Kier molecular flexibility index (Phi) is 8.25. The van der Waals surface area contributed by atoms with E-state index in [-0.39, 0.29) is 5.56 Å². The molecule has 2 aliphatic rings. The van der Waals surface area contributed by atoms with E-state index in [4.69, 9.17) is 20.2 Å². The van der Waals surface area contributed by atoms with Crippen LogP contribution in [-0.2, 0) is 18.3 Å². The van der Waals surface area contributed by atoms with Gasteiger partial charge in [-0.3, -0.25) is 14.8 Å². The van der Waals surface area contributed by atoms with Gasteiger partial charge in [0, 0.05) is 81.4 Å². The summed E-state index contributed by atoms with van der Waals surface area (Å²) in [6.45, 7) is 7.08. The number of hydrogen-bond acceptors (Lipinski definition) is 9. The summed E-state index contributed by atoms with van der Waals surface area (Å²) < 4.78 is 12.8. The molecule has 1 saturated heterocycles. The van der Waals surface area contributed by atoms with Crippen LogP contribution in [0.15, 0.2) is 70.7 Å². The number of nitrogens with two attached hydrogens (primary N) is 1. The van der Waals surface area contributed by atoms with Gasteiger partial charge in [0.2, 0.25) is 0 Å². The van der Waals surface area contributed by atoms with E-state index in [1.165, 1.54) is 5.56 Å². The van der Waals surface area contributed by atoms with Gasteiger partial charge in [0.1, 0.15) is 5.75 Å². The predicted molar refractivity (Wildman–Crippen MR) is 179 cm³/mol. The maximum atomic E-state index is 13.1. The Bertz CT molecular complexity index is 1790. The fraction of sp³-hybridized carbons (Fsp3) is 0.324. The van der Waals surface area contributed by atoms with E-state index in [0.717, 1.165) is 83.4 Å². The highest BCUT2D eigenvalue weighted by Crippen LogP contribution is 2.43. The SMILES string of the molecule is CN=C/C(=C\N)c1cc2c(cn1)N(c1cc(N3CCOCC3)cc3c1cc(C)c(=O)n3C)CCN2Cc1ccc(OC)cc1. The number of nitrogens with zero attached hydrogens (tertiary/aromatic N) is 6. The minimum absolute atomic E-state index is 0.0114. The molecular weight excluding hydrogens is 554 g/mol. The molecule has 1 fully saturated rings. The zero-order chi connectivity index (χ0) is 30.8. The molecule has 2 aromatic heterocycles. The minimum atomic E-state index is 0.0114.